The van der Waals surface area contributed by atoms with E-state index in [0.29, 0.717) is 0 Å². The first kappa shape index (κ1) is 17.6. The standard InChI is InChI=1S/C2HF3O2.CF3.Ni/c3-2(4,5)1(6)7;2-1(3)4;/h(H,6,7);;/p-1. The van der Waals surface area contributed by atoms with Crippen molar-refractivity contribution >= 4 is 5.97 Å². The molecule has 0 spiro atoms. The van der Waals surface area contributed by atoms with Crippen LogP contribution in [0.4, 0.5) is 26.3 Å². The average Bonchev–Trinajstić information content (AvgIpc) is 1.59. The van der Waals surface area contributed by atoms with Crippen LogP contribution in [0.15, 0.2) is 0 Å². The van der Waals surface area contributed by atoms with Gasteiger partial charge in [-0.15, -0.1) is 0 Å². The van der Waals surface area contributed by atoms with Gasteiger partial charge in [-0.1, -0.05) is 0 Å². The van der Waals surface area contributed by atoms with Crippen molar-refractivity contribution in [1.29, 1.82) is 0 Å². The van der Waals surface area contributed by atoms with E-state index >= 15 is 0 Å². The van der Waals surface area contributed by atoms with Gasteiger partial charge in [0.2, 0.25) is 0 Å². The molecule has 1 radical (unpaired) electrons. The fourth-order valence-corrected chi connectivity index (χ4v) is 0. The van der Waals surface area contributed by atoms with Crippen molar-refractivity contribution in [1.82, 2.24) is 0 Å². The van der Waals surface area contributed by atoms with E-state index in [4.69, 9.17) is 9.90 Å². The largest absolute Gasteiger partial charge is 0.542 e. The Labute approximate surface area is 72.5 Å². The summed E-state index contributed by atoms with van der Waals surface area (Å²) in [5, 5.41) is 8.78. The summed E-state index contributed by atoms with van der Waals surface area (Å²) in [5.74, 6) is -3.01. The molecule has 0 fully saturated rings. The molecule has 0 aromatic heterocycles. The predicted octanol–water partition coefficient (Wildman–Crippen LogP) is 0.638. The van der Waals surface area contributed by atoms with Crippen molar-refractivity contribution in [3.63, 3.8) is 0 Å². The molecule has 0 saturated heterocycles. The molecule has 0 aromatic rings. The molecule has 2 nitrogen and oxygen atoms in total. The normalized spacial score (nSPS) is 9.58. The van der Waals surface area contributed by atoms with Crippen molar-refractivity contribution in [3.8, 4) is 0 Å². The number of carboxylic acids is 1. The predicted molar refractivity (Wildman–Crippen MR) is 17.6 cm³/mol. The first-order valence-electron chi connectivity index (χ1n) is 1.79. The number of halogens is 6. The fourth-order valence-electron chi connectivity index (χ4n) is 0. The van der Waals surface area contributed by atoms with Crippen LogP contribution in [0.25, 0.3) is 0 Å². The minimum absolute atomic E-state index is 0. The van der Waals surface area contributed by atoms with Crippen LogP contribution in [-0.2, 0) is 21.3 Å². The number of aliphatic carboxylic acids is 1. The summed E-state index contributed by atoms with van der Waals surface area (Å²) in [6.45, 7) is -3.08. The molecule has 0 amide bonds. The molecule has 77 valence electrons. The second kappa shape index (κ2) is 7.21. The first-order chi connectivity index (χ1) is 4.68. The number of hydrogen-bond acceptors (Lipinski definition) is 2. The van der Waals surface area contributed by atoms with E-state index in [2.05, 4.69) is 0 Å². The van der Waals surface area contributed by atoms with Gasteiger partial charge in [-0.3, -0.25) is 0 Å². The van der Waals surface area contributed by atoms with Gasteiger partial charge < -0.3 is 9.90 Å². The maximum Gasteiger partial charge on any atom is 0.487 e. The molecule has 9 heteroatoms. The molecule has 0 heterocycles. The van der Waals surface area contributed by atoms with Crippen molar-refractivity contribution in [3.05, 3.63) is 6.68 Å². The Morgan fingerprint density at radius 1 is 1.08 bits per heavy atom. The molecule has 0 bridgehead atoms. The van der Waals surface area contributed by atoms with Crippen molar-refractivity contribution in [2.24, 2.45) is 0 Å². The number of hydrogen-bond donors (Lipinski definition) is 0. The Balaban J connectivity index is -0.000000142. The van der Waals surface area contributed by atoms with Crippen molar-refractivity contribution < 1.29 is 52.7 Å². The number of rotatable bonds is 0. The van der Waals surface area contributed by atoms with Crippen LogP contribution >= 0.6 is 0 Å². The number of alkyl halides is 3. The van der Waals surface area contributed by atoms with Gasteiger partial charge in [-0.05, 0) is 0 Å². The minimum atomic E-state index is -5.19. The average molecular weight is 241 g/mol. The van der Waals surface area contributed by atoms with Crippen LogP contribution in [0.3, 0.4) is 0 Å². The second-order valence-electron chi connectivity index (χ2n) is 1.000. The third-order valence-corrected chi connectivity index (χ3v) is 0.231. The van der Waals surface area contributed by atoms with Gasteiger partial charge in [0, 0.05) is 16.5 Å². The Bertz CT molecular complexity index is 120. The molecule has 0 unspecified atom stereocenters. The third-order valence-electron chi connectivity index (χ3n) is 0.231. The SMILES string of the molecule is F[C](F)F.O=C([O-])C(F)(F)F.[Ni]. The summed E-state index contributed by atoms with van der Waals surface area (Å²) in [7, 11) is 0. The summed E-state index contributed by atoms with van der Waals surface area (Å²) in [5.41, 5.74) is 0. The molecule has 0 aliphatic rings. The Morgan fingerprint density at radius 3 is 1.17 bits per heavy atom. The van der Waals surface area contributed by atoms with E-state index < -0.39 is 18.8 Å². The van der Waals surface area contributed by atoms with Crippen LogP contribution in [0.5, 0.6) is 0 Å². The van der Waals surface area contributed by atoms with Crippen LogP contribution in [0.1, 0.15) is 0 Å². The van der Waals surface area contributed by atoms with Gasteiger partial charge in [0.25, 0.3) is 0 Å². The molecule has 0 aromatic carbocycles. The van der Waals surface area contributed by atoms with E-state index in [1.165, 1.54) is 0 Å². The quantitative estimate of drug-likeness (QED) is 0.461. The zero-order chi connectivity index (χ0) is 9.65. The molecule has 0 saturated carbocycles. The van der Waals surface area contributed by atoms with Crippen LogP contribution in [0.2, 0.25) is 0 Å². The smallest absolute Gasteiger partial charge is 0.487 e. The van der Waals surface area contributed by atoms with E-state index in [1.54, 1.807) is 0 Å². The maximum atomic E-state index is 10.5. The molecular formula is C3F6NiO2-. The van der Waals surface area contributed by atoms with Crippen LogP contribution in [-0.4, -0.2) is 12.1 Å². The minimum Gasteiger partial charge on any atom is -0.542 e. The fraction of sp³-hybridized carbons (Fsp3) is 0.333. The van der Waals surface area contributed by atoms with E-state index in [-0.39, 0.29) is 16.5 Å². The number of carbonyl (C=O) groups excluding carboxylic acids is 1. The Hall–Kier alpha value is -0.456. The van der Waals surface area contributed by atoms with Gasteiger partial charge >= 0.3 is 12.9 Å². The summed E-state index contributed by atoms with van der Waals surface area (Å²) in [6.07, 6.45) is -5.19. The zero-order valence-electron chi connectivity index (χ0n) is 4.90. The number of carboxylic acid groups (broad SMARTS) is 1. The van der Waals surface area contributed by atoms with Gasteiger partial charge in [0.05, 0.1) is 0 Å². The molecule has 12 heavy (non-hydrogen) atoms. The van der Waals surface area contributed by atoms with E-state index in [9.17, 15) is 26.3 Å². The summed E-state index contributed by atoms with van der Waals surface area (Å²) in [6, 6.07) is 0. The van der Waals surface area contributed by atoms with Gasteiger partial charge in [0.1, 0.15) is 5.97 Å². The molecule has 0 aliphatic carbocycles. The number of carbonyl (C=O) groups is 1. The molecule has 0 N–H and O–H groups in total. The molecule has 0 rings (SSSR count). The zero-order valence-corrected chi connectivity index (χ0v) is 5.89. The van der Waals surface area contributed by atoms with Gasteiger partial charge in [-0.2, -0.15) is 26.3 Å². The molecule has 0 aliphatic heterocycles. The molecular weight excluding hydrogens is 241 g/mol. The third kappa shape index (κ3) is 22.7. The molecule has 0 atom stereocenters. The summed E-state index contributed by atoms with van der Waals surface area (Å²) >= 11 is 0. The van der Waals surface area contributed by atoms with E-state index in [1.807, 2.05) is 0 Å². The maximum absolute atomic E-state index is 10.5. The van der Waals surface area contributed by atoms with Crippen molar-refractivity contribution in [2.45, 2.75) is 6.18 Å². The monoisotopic (exact) mass is 240 g/mol. The Kier molecular flexibility index (Phi) is 10.6. The van der Waals surface area contributed by atoms with Gasteiger partial charge in [0.15, 0.2) is 0 Å². The summed E-state index contributed by atoms with van der Waals surface area (Å²) < 4.78 is 60.3. The van der Waals surface area contributed by atoms with Crippen molar-refractivity contribution in [2.75, 3.05) is 0 Å². The van der Waals surface area contributed by atoms with Gasteiger partial charge in [-0.25, -0.2) is 0 Å². The summed E-state index contributed by atoms with van der Waals surface area (Å²) in [4.78, 5) is 8.78. The second-order valence-corrected chi connectivity index (χ2v) is 1.000. The van der Waals surface area contributed by atoms with Crippen LogP contribution < -0.4 is 5.11 Å². The van der Waals surface area contributed by atoms with E-state index in [0.717, 1.165) is 0 Å². The first-order valence-corrected chi connectivity index (χ1v) is 1.79. The van der Waals surface area contributed by atoms with Crippen LogP contribution in [0, 0.1) is 6.68 Å². The topological polar surface area (TPSA) is 40.1 Å². The Morgan fingerprint density at radius 2 is 1.17 bits per heavy atom.